The Morgan fingerprint density at radius 3 is 2.46 bits per heavy atom. The first-order valence-electron chi connectivity index (χ1n) is 16.1. The summed E-state index contributed by atoms with van der Waals surface area (Å²) in [5, 5.41) is 20.7. The third-order valence-electron chi connectivity index (χ3n) is 8.17. The summed E-state index contributed by atoms with van der Waals surface area (Å²) >= 11 is 2.69. The number of amides is 1. The van der Waals surface area contributed by atoms with Crippen molar-refractivity contribution in [3.05, 3.63) is 124 Å². The van der Waals surface area contributed by atoms with Gasteiger partial charge in [0.05, 0.1) is 18.2 Å². The summed E-state index contributed by atoms with van der Waals surface area (Å²) in [7, 11) is 0. The molecular formula is C38H33N3O7S2. The minimum Gasteiger partial charge on any atom is -0.507 e. The molecule has 0 aliphatic carbocycles. The molecule has 1 atom stereocenters. The molecule has 254 valence electrons. The number of anilines is 1. The Hall–Kier alpha value is -5.33. The number of hydrogen-bond acceptors (Lipinski definition) is 11. The zero-order valence-corrected chi connectivity index (χ0v) is 29.0. The first-order valence-corrected chi connectivity index (χ1v) is 17.9. The SMILES string of the molecule is CCOc1cc([C@@H]2/C(=C(\O)c3ccc4c(c3)OCCO4)C(=O)C(=O)N2c2nnc(SCc3ccc(C)cc3)s2)ccc1OCc1ccccc1. The number of aryl methyl sites for hydroxylation is 1. The zero-order valence-electron chi connectivity index (χ0n) is 27.3. The number of aromatic nitrogens is 2. The summed E-state index contributed by atoms with van der Waals surface area (Å²) in [4.78, 5) is 29.1. The van der Waals surface area contributed by atoms with Gasteiger partial charge in [-0.25, -0.2) is 0 Å². The van der Waals surface area contributed by atoms with E-state index < -0.39 is 17.7 Å². The Morgan fingerprint density at radius 1 is 0.900 bits per heavy atom. The molecule has 2 aliphatic heterocycles. The van der Waals surface area contributed by atoms with Crippen LogP contribution in [-0.2, 0) is 21.9 Å². The number of Topliss-reactive ketones (excluding diaryl/α,β-unsaturated/α-hetero) is 1. The number of hydrogen-bond donors (Lipinski definition) is 1. The monoisotopic (exact) mass is 707 g/mol. The average molecular weight is 708 g/mol. The van der Waals surface area contributed by atoms with E-state index in [1.165, 1.54) is 33.6 Å². The van der Waals surface area contributed by atoms with Crippen molar-refractivity contribution in [3.63, 3.8) is 0 Å². The van der Waals surface area contributed by atoms with Crippen LogP contribution in [-0.4, -0.2) is 46.8 Å². The fraction of sp³-hybridized carbons (Fsp3) is 0.211. The van der Waals surface area contributed by atoms with Crippen molar-refractivity contribution < 1.29 is 33.6 Å². The molecule has 0 radical (unpaired) electrons. The van der Waals surface area contributed by atoms with Gasteiger partial charge >= 0.3 is 5.91 Å². The fourth-order valence-corrected chi connectivity index (χ4v) is 7.52. The summed E-state index contributed by atoms with van der Waals surface area (Å²) in [5.74, 6) is 0.506. The second kappa shape index (κ2) is 14.7. The van der Waals surface area contributed by atoms with Gasteiger partial charge in [0, 0.05) is 11.3 Å². The molecule has 3 heterocycles. The topological polar surface area (TPSA) is 120 Å². The molecule has 0 saturated carbocycles. The smallest absolute Gasteiger partial charge is 0.301 e. The van der Waals surface area contributed by atoms with Gasteiger partial charge in [0.25, 0.3) is 5.78 Å². The number of thioether (sulfide) groups is 1. The molecule has 4 aromatic carbocycles. The second-order valence-electron chi connectivity index (χ2n) is 11.6. The Kier molecular flexibility index (Phi) is 9.72. The van der Waals surface area contributed by atoms with E-state index in [2.05, 4.69) is 34.5 Å². The average Bonchev–Trinajstić information content (AvgIpc) is 3.72. The number of nitrogens with zero attached hydrogens (tertiary/aromatic N) is 3. The molecule has 50 heavy (non-hydrogen) atoms. The van der Waals surface area contributed by atoms with E-state index in [-0.39, 0.29) is 16.5 Å². The van der Waals surface area contributed by atoms with E-state index in [4.69, 9.17) is 18.9 Å². The number of rotatable bonds is 11. The van der Waals surface area contributed by atoms with E-state index in [1.807, 2.05) is 44.2 Å². The Labute approximate surface area is 297 Å². The predicted molar refractivity (Wildman–Crippen MR) is 191 cm³/mol. The molecular weight excluding hydrogens is 675 g/mol. The van der Waals surface area contributed by atoms with Crippen LogP contribution in [0, 0.1) is 6.92 Å². The Balaban J connectivity index is 1.28. The molecule has 1 saturated heterocycles. The van der Waals surface area contributed by atoms with Crippen LogP contribution in [0.25, 0.3) is 5.76 Å². The fourth-order valence-electron chi connectivity index (χ4n) is 5.70. The number of aliphatic hydroxyl groups excluding tert-OH is 1. The van der Waals surface area contributed by atoms with Gasteiger partial charge in [-0.05, 0) is 60.9 Å². The lowest BCUT2D eigenvalue weighted by Crippen LogP contribution is -2.29. The zero-order chi connectivity index (χ0) is 34.6. The molecule has 1 fully saturated rings. The van der Waals surface area contributed by atoms with Gasteiger partial charge in [0.2, 0.25) is 5.13 Å². The van der Waals surface area contributed by atoms with Gasteiger partial charge in [-0.15, -0.1) is 10.2 Å². The molecule has 1 aromatic heterocycles. The highest BCUT2D eigenvalue weighted by atomic mass is 32.2. The minimum atomic E-state index is -1.05. The van der Waals surface area contributed by atoms with Crippen LogP contribution < -0.4 is 23.8 Å². The van der Waals surface area contributed by atoms with Crippen LogP contribution in [0.15, 0.2) is 101 Å². The molecule has 12 heteroatoms. The number of carbonyl (C=O) groups excluding carboxylic acids is 2. The molecule has 1 amide bonds. The summed E-state index contributed by atoms with van der Waals surface area (Å²) in [6, 6.07) is 27.1. The van der Waals surface area contributed by atoms with E-state index in [1.54, 1.807) is 36.4 Å². The highest BCUT2D eigenvalue weighted by Gasteiger charge is 2.48. The number of carbonyl (C=O) groups is 2. The van der Waals surface area contributed by atoms with Crippen molar-refractivity contribution >= 4 is 45.7 Å². The molecule has 2 aliphatic rings. The van der Waals surface area contributed by atoms with Gasteiger partial charge in [0.15, 0.2) is 27.3 Å². The molecule has 7 rings (SSSR count). The van der Waals surface area contributed by atoms with Crippen molar-refractivity contribution in [1.29, 1.82) is 0 Å². The molecule has 10 nitrogen and oxygen atoms in total. The van der Waals surface area contributed by atoms with E-state index in [0.29, 0.717) is 70.6 Å². The molecule has 0 bridgehead atoms. The van der Waals surface area contributed by atoms with Crippen molar-refractivity contribution in [3.8, 4) is 23.0 Å². The summed E-state index contributed by atoms with van der Waals surface area (Å²) in [6.07, 6.45) is 0. The van der Waals surface area contributed by atoms with Crippen molar-refractivity contribution in [2.75, 3.05) is 24.7 Å². The van der Waals surface area contributed by atoms with Gasteiger partial charge < -0.3 is 24.1 Å². The Bertz CT molecular complexity index is 2060. The van der Waals surface area contributed by atoms with E-state index in [0.717, 1.165) is 11.1 Å². The van der Waals surface area contributed by atoms with Crippen LogP contribution in [0.3, 0.4) is 0 Å². The molecule has 0 unspecified atom stereocenters. The lowest BCUT2D eigenvalue weighted by Gasteiger charge is -2.24. The lowest BCUT2D eigenvalue weighted by molar-refractivity contribution is -0.132. The second-order valence-corrected chi connectivity index (χ2v) is 13.7. The van der Waals surface area contributed by atoms with Crippen molar-refractivity contribution in [2.45, 2.75) is 36.6 Å². The maximum Gasteiger partial charge on any atom is 0.301 e. The minimum absolute atomic E-state index is 0.101. The van der Waals surface area contributed by atoms with Gasteiger partial charge in [-0.3, -0.25) is 14.5 Å². The van der Waals surface area contributed by atoms with Crippen LogP contribution in [0.2, 0.25) is 0 Å². The highest BCUT2D eigenvalue weighted by Crippen LogP contribution is 2.46. The quantitative estimate of drug-likeness (QED) is 0.0486. The van der Waals surface area contributed by atoms with Crippen LogP contribution in [0.4, 0.5) is 5.13 Å². The van der Waals surface area contributed by atoms with Crippen LogP contribution >= 0.6 is 23.1 Å². The molecule has 5 aromatic rings. The predicted octanol–water partition coefficient (Wildman–Crippen LogP) is 7.51. The molecule has 0 spiro atoms. The van der Waals surface area contributed by atoms with Gasteiger partial charge in [-0.2, -0.15) is 0 Å². The first-order chi connectivity index (χ1) is 24.4. The number of fused-ring (bicyclic) bond motifs is 1. The van der Waals surface area contributed by atoms with Gasteiger partial charge in [-0.1, -0.05) is 89.3 Å². The first kappa shape index (κ1) is 33.2. The lowest BCUT2D eigenvalue weighted by atomic mass is 9.95. The highest BCUT2D eigenvalue weighted by molar-refractivity contribution is 8.00. The van der Waals surface area contributed by atoms with Gasteiger partial charge in [0.1, 0.15) is 25.6 Å². The maximum atomic E-state index is 13.9. The number of aliphatic hydroxyl groups is 1. The normalized spacial score (nSPS) is 16.4. The number of ketones is 1. The van der Waals surface area contributed by atoms with E-state index >= 15 is 0 Å². The third kappa shape index (κ3) is 6.89. The largest absolute Gasteiger partial charge is 0.507 e. The Morgan fingerprint density at radius 2 is 1.68 bits per heavy atom. The summed E-state index contributed by atoms with van der Waals surface area (Å²) in [5.41, 5.74) is 4.00. The maximum absolute atomic E-state index is 13.9. The number of benzene rings is 4. The van der Waals surface area contributed by atoms with Crippen LogP contribution in [0.5, 0.6) is 23.0 Å². The number of ether oxygens (including phenoxy) is 4. The summed E-state index contributed by atoms with van der Waals surface area (Å²) in [6.45, 7) is 5.32. The van der Waals surface area contributed by atoms with Crippen molar-refractivity contribution in [1.82, 2.24) is 10.2 Å². The van der Waals surface area contributed by atoms with E-state index in [9.17, 15) is 14.7 Å². The standard InChI is InChI=1S/C38H33N3O7S2/c1-3-45-30-19-26(13-15-29(30)48-21-24-7-5-4-6-8-24)33-32(34(42)27-14-16-28-31(20-27)47-18-17-46-28)35(43)36(44)41(33)37-39-40-38(50-37)49-22-25-11-9-23(2)10-12-25/h4-16,19-20,33,42H,3,17-18,21-22H2,1-2H3/b34-32+/t33-/m1/s1. The van der Waals surface area contributed by atoms with Crippen molar-refractivity contribution in [2.24, 2.45) is 0 Å². The van der Waals surface area contributed by atoms with Crippen LogP contribution in [0.1, 0.15) is 40.8 Å². The third-order valence-corrected chi connectivity index (χ3v) is 10.3. The molecule has 1 N–H and O–H groups in total. The summed E-state index contributed by atoms with van der Waals surface area (Å²) < 4.78 is 24.1.